The van der Waals surface area contributed by atoms with Crippen molar-refractivity contribution >= 4 is 5.97 Å². The van der Waals surface area contributed by atoms with Gasteiger partial charge in [-0.3, -0.25) is 0 Å². The van der Waals surface area contributed by atoms with Crippen molar-refractivity contribution in [2.75, 3.05) is 6.61 Å². The third kappa shape index (κ3) is 2.88. The number of nitrogens with zero attached hydrogens (tertiary/aromatic N) is 1. The number of ether oxygens (including phenoxy) is 1. The van der Waals surface area contributed by atoms with Gasteiger partial charge < -0.3 is 15.6 Å². The third-order valence-corrected chi connectivity index (χ3v) is 1.99. The predicted octanol–water partition coefficient (Wildman–Crippen LogP) is 1.36. The minimum Gasteiger partial charge on any atom is -0.505 e. The lowest BCUT2D eigenvalue weighted by Crippen LogP contribution is -2.12. The molecule has 1 rings (SSSR count). The van der Waals surface area contributed by atoms with Gasteiger partial charge in [0.25, 0.3) is 6.43 Å². The minimum absolute atomic E-state index is 0.0524. The molecule has 0 aliphatic rings. The van der Waals surface area contributed by atoms with Crippen molar-refractivity contribution in [1.29, 1.82) is 0 Å². The second kappa shape index (κ2) is 5.53. The van der Waals surface area contributed by atoms with Gasteiger partial charge in [0.15, 0.2) is 11.4 Å². The average molecular weight is 246 g/mol. The molecule has 94 valence electrons. The van der Waals surface area contributed by atoms with Crippen LogP contribution >= 0.6 is 0 Å². The van der Waals surface area contributed by atoms with Gasteiger partial charge in [-0.15, -0.1) is 0 Å². The van der Waals surface area contributed by atoms with Gasteiger partial charge in [-0.2, -0.15) is 0 Å². The Kier molecular flexibility index (Phi) is 4.33. The van der Waals surface area contributed by atoms with Crippen molar-refractivity contribution in [1.82, 2.24) is 4.98 Å². The van der Waals surface area contributed by atoms with E-state index in [2.05, 4.69) is 9.72 Å². The highest BCUT2D eigenvalue weighted by Crippen LogP contribution is 2.31. The Morgan fingerprint density at radius 1 is 1.65 bits per heavy atom. The lowest BCUT2D eigenvalue weighted by Gasteiger charge is -2.10. The second-order valence-electron chi connectivity index (χ2n) is 3.13. The lowest BCUT2D eigenvalue weighted by molar-refractivity contribution is 0.0514. The van der Waals surface area contributed by atoms with Gasteiger partial charge in [0.05, 0.1) is 17.9 Å². The summed E-state index contributed by atoms with van der Waals surface area (Å²) in [5.74, 6) is -1.82. The number of halogens is 2. The molecule has 0 saturated carbocycles. The Hall–Kier alpha value is -1.76. The molecule has 0 fully saturated rings. The Bertz CT molecular complexity index is 424. The van der Waals surface area contributed by atoms with Crippen LogP contribution < -0.4 is 5.73 Å². The monoisotopic (exact) mass is 246 g/mol. The van der Waals surface area contributed by atoms with Gasteiger partial charge in [-0.05, 0) is 13.0 Å². The lowest BCUT2D eigenvalue weighted by atomic mass is 10.1. The van der Waals surface area contributed by atoms with Crippen molar-refractivity contribution in [3.63, 3.8) is 0 Å². The molecule has 1 aromatic rings. The fourth-order valence-corrected chi connectivity index (χ4v) is 1.23. The van der Waals surface area contributed by atoms with Crippen LogP contribution in [-0.4, -0.2) is 22.7 Å². The highest BCUT2D eigenvalue weighted by molar-refractivity contribution is 5.90. The molecule has 7 heteroatoms. The summed E-state index contributed by atoms with van der Waals surface area (Å²) in [6.45, 7) is 1.49. The summed E-state index contributed by atoms with van der Waals surface area (Å²) < 4.78 is 29.8. The van der Waals surface area contributed by atoms with Crippen molar-refractivity contribution in [3.05, 3.63) is 23.0 Å². The van der Waals surface area contributed by atoms with E-state index >= 15 is 0 Å². The van der Waals surface area contributed by atoms with Crippen LogP contribution in [0, 0.1) is 0 Å². The Balaban J connectivity index is 3.28. The maximum absolute atomic E-state index is 12.6. The van der Waals surface area contributed by atoms with E-state index < -0.39 is 29.4 Å². The molecule has 0 aromatic carbocycles. The van der Waals surface area contributed by atoms with Crippen LogP contribution in [-0.2, 0) is 11.3 Å². The van der Waals surface area contributed by atoms with Crippen molar-refractivity contribution in [3.8, 4) is 5.75 Å². The van der Waals surface area contributed by atoms with E-state index in [4.69, 9.17) is 5.73 Å². The van der Waals surface area contributed by atoms with Gasteiger partial charge in [-0.1, -0.05) is 0 Å². The molecule has 17 heavy (non-hydrogen) atoms. The van der Waals surface area contributed by atoms with Crippen LogP contribution in [0.15, 0.2) is 6.07 Å². The summed E-state index contributed by atoms with van der Waals surface area (Å²) >= 11 is 0. The number of hydrogen-bond acceptors (Lipinski definition) is 5. The molecule has 0 bridgehead atoms. The SMILES string of the molecule is CCOC(=O)c1nc(CN)cc(C(F)F)c1O. The summed E-state index contributed by atoms with van der Waals surface area (Å²) in [6, 6.07) is 0.961. The van der Waals surface area contributed by atoms with Gasteiger partial charge in [0, 0.05) is 6.54 Å². The molecule has 5 nitrogen and oxygen atoms in total. The molecule has 0 atom stereocenters. The van der Waals surface area contributed by atoms with E-state index in [1.807, 2.05) is 0 Å². The number of carbonyl (C=O) groups excluding carboxylic acids is 1. The number of nitrogens with two attached hydrogens (primary N) is 1. The second-order valence-corrected chi connectivity index (χ2v) is 3.13. The molecule has 0 radical (unpaired) electrons. The van der Waals surface area contributed by atoms with E-state index in [0.29, 0.717) is 0 Å². The first kappa shape index (κ1) is 13.3. The van der Waals surface area contributed by atoms with Crippen LogP contribution in [0.2, 0.25) is 0 Å². The number of alkyl halides is 2. The van der Waals surface area contributed by atoms with Crippen LogP contribution in [0.25, 0.3) is 0 Å². The Morgan fingerprint density at radius 2 is 2.29 bits per heavy atom. The molecule has 0 aliphatic heterocycles. The normalized spacial score (nSPS) is 10.6. The standard InChI is InChI=1S/C10H12F2N2O3/c1-2-17-10(16)7-8(15)6(9(11)12)3-5(4-13)14-7/h3,9,15H,2,4,13H2,1H3. The Labute approximate surface area is 96.2 Å². The zero-order chi connectivity index (χ0) is 13.0. The topological polar surface area (TPSA) is 85.4 Å². The van der Waals surface area contributed by atoms with Gasteiger partial charge in [0.2, 0.25) is 0 Å². The van der Waals surface area contributed by atoms with Crippen LogP contribution in [0.5, 0.6) is 5.75 Å². The number of carbonyl (C=O) groups is 1. The zero-order valence-electron chi connectivity index (χ0n) is 9.11. The van der Waals surface area contributed by atoms with Gasteiger partial charge in [0.1, 0.15) is 0 Å². The van der Waals surface area contributed by atoms with Gasteiger partial charge >= 0.3 is 5.97 Å². The highest BCUT2D eigenvalue weighted by Gasteiger charge is 2.23. The molecule has 0 unspecified atom stereocenters. The predicted molar refractivity (Wildman–Crippen MR) is 54.7 cm³/mol. The summed E-state index contributed by atoms with van der Waals surface area (Å²) in [4.78, 5) is 15.0. The van der Waals surface area contributed by atoms with Crippen molar-refractivity contribution in [2.45, 2.75) is 19.9 Å². The van der Waals surface area contributed by atoms with Crippen molar-refractivity contribution < 1.29 is 23.4 Å². The number of pyridine rings is 1. The van der Waals surface area contributed by atoms with E-state index in [0.717, 1.165) is 6.07 Å². The maximum Gasteiger partial charge on any atom is 0.360 e. The Morgan fingerprint density at radius 3 is 2.76 bits per heavy atom. The van der Waals surface area contributed by atoms with E-state index in [-0.39, 0.29) is 18.8 Å². The minimum atomic E-state index is -2.92. The van der Waals surface area contributed by atoms with Gasteiger partial charge in [-0.25, -0.2) is 18.6 Å². The van der Waals surface area contributed by atoms with E-state index in [9.17, 15) is 18.7 Å². The van der Waals surface area contributed by atoms with Crippen LogP contribution in [0.3, 0.4) is 0 Å². The summed E-state index contributed by atoms with van der Waals surface area (Å²) in [7, 11) is 0. The third-order valence-electron chi connectivity index (χ3n) is 1.99. The molecular weight excluding hydrogens is 234 g/mol. The molecular formula is C10H12F2N2O3. The molecule has 3 N–H and O–H groups in total. The van der Waals surface area contributed by atoms with Crippen LogP contribution in [0.4, 0.5) is 8.78 Å². The summed E-state index contributed by atoms with van der Waals surface area (Å²) in [5.41, 5.74) is 4.14. The van der Waals surface area contributed by atoms with Crippen molar-refractivity contribution in [2.24, 2.45) is 5.73 Å². The number of esters is 1. The smallest absolute Gasteiger partial charge is 0.360 e. The number of rotatable bonds is 4. The quantitative estimate of drug-likeness (QED) is 0.783. The van der Waals surface area contributed by atoms with Crippen LogP contribution in [0.1, 0.15) is 35.1 Å². The maximum atomic E-state index is 12.6. The average Bonchev–Trinajstić information content (AvgIpc) is 2.29. The van der Waals surface area contributed by atoms with E-state index in [1.165, 1.54) is 0 Å². The highest BCUT2D eigenvalue weighted by atomic mass is 19.3. The molecule has 0 spiro atoms. The first-order chi connectivity index (χ1) is 8.01. The number of aromatic nitrogens is 1. The summed E-state index contributed by atoms with van der Waals surface area (Å²) in [6.07, 6.45) is -2.92. The molecule has 0 saturated heterocycles. The fourth-order valence-electron chi connectivity index (χ4n) is 1.23. The molecule has 1 heterocycles. The zero-order valence-corrected chi connectivity index (χ0v) is 9.11. The molecule has 0 aliphatic carbocycles. The molecule has 1 aromatic heterocycles. The molecule has 0 amide bonds. The number of aromatic hydroxyl groups is 1. The summed E-state index contributed by atoms with van der Waals surface area (Å²) in [5, 5.41) is 9.49. The largest absolute Gasteiger partial charge is 0.505 e. The first-order valence-corrected chi connectivity index (χ1v) is 4.89. The number of hydrogen-bond donors (Lipinski definition) is 2. The first-order valence-electron chi connectivity index (χ1n) is 4.89. The fraction of sp³-hybridized carbons (Fsp3) is 0.400. The van der Waals surface area contributed by atoms with E-state index in [1.54, 1.807) is 6.92 Å².